The third-order valence-electron chi connectivity index (χ3n) is 8.31. The van der Waals surface area contributed by atoms with Gasteiger partial charge in [-0.2, -0.15) is 0 Å². The van der Waals surface area contributed by atoms with Gasteiger partial charge in [0.2, 0.25) is 0 Å². The van der Waals surface area contributed by atoms with Gasteiger partial charge >= 0.3 is 0 Å². The molecule has 0 saturated carbocycles. The van der Waals surface area contributed by atoms with Gasteiger partial charge in [0.15, 0.2) is 5.78 Å². The van der Waals surface area contributed by atoms with Crippen molar-refractivity contribution in [3.05, 3.63) is 47.5 Å². The zero-order valence-corrected chi connectivity index (χ0v) is 22.0. The topological polar surface area (TPSA) is 59.6 Å². The lowest BCUT2D eigenvalue weighted by Crippen LogP contribution is -2.37. The zero-order valence-electron chi connectivity index (χ0n) is 22.0. The van der Waals surface area contributed by atoms with Crippen LogP contribution in [0.5, 0.6) is 11.5 Å². The Morgan fingerprint density at radius 3 is 2.00 bits per heavy atom. The van der Waals surface area contributed by atoms with Crippen LogP contribution in [0.15, 0.2) is 36.4 Å². The van der Waals surface area contributed by atoms with Crippen LogP contribution in [-0.2, 0) is 0 Å². The summed E-state index contributed by atoms with van der Waals surface area (Å²) in [5.74, 6) is 2.93. The average molecular weight is 491 g/mol. The first-order valence-corrected chi connectivity index (χ1v) is 14.3. The van der Waals surface area contributed by atoms with Crippen LogP contribution in [0.25, 0.3) is 11.1 Å². The van der Waals surface area contributed by atoms with E-state index in [1.807, 2.05) is 30.3 Å². The Bertz CT molecular complexity index is 1040. The highest BCUT2D eigenvalue weighted by Crippen LogP contribution is 2.45. The van der Waals surface area contributed by atoms with E-state index in [0.717, 1.165) is 111 Å². The number of hydrogen-bond donors (Lipinski definition) is 2. The van der Waals surface area contributed by atoms with Crippen molar-refractivity contribution in [1.29, 1.82) is 0 Å². The molecule has 0 radical (unpaired) electrons. The Hall–Kier alpha value is -2.37. The number of piperidine rings is 2. The summed E-state index contributed by atoms with van der Waals surface area (Å²) in [6, 6.07) is 12.0. The van der Waals surface area contributed by atoms with Crippen LogP contribution in [0.2, 0.25) is 0 Å². The highest BCUT2D eigenvalue weighted by atomic mass is 16.5. The summed E-state index contributed by atoms with van der Waals surface area (Å²) in [6.45, 7) is 8.70. The molecule has 2 N–H and O–H groups in total. The lowest BCUT2D eigenvalue weighted by molar-refractivity contribution is 0.102. The van der Waals surface area contributed by atoms with Crippen molar-refractivity contribution in [2.24, 2.45) is 11.8 Å². The van der Waals surface area contributed by atoms with Crippen molar-refractivity contribution in [3.8, 4) is 22.6 Å². The monoisotopic (exact) mass is 490 g/mol. The average Bonchev–Trinajstić information content (AvgIpc) is 3.21. The molecular weight excluding hydrogens is 448 g/mol. The molecular formula is C31H42N2O3. The summed E-state index contributed by atoms with van der Waals surface area (Å²) in [4.78, 5) is 13.3. The van der Waals surface area contributed by atoms with Crippen molar-refractivity contribution >= 4 is 5.78 Å². The van der Waals surface area contributed by atoms with Gasteiger partial charge in [0.05, 0.1) is 0 Å². The van der Waals surface area contributed by atoms with E-state index in [2.05, 4.69) is 30.5 Å². The molecule has 2 atom stereocenters. The Morgan fingerprint density at radius 2 is 1.39 bits per heavy atom. The minimum atomic E-state index is 0.0920. The number of nitrogens with one attached hydrogen (secondary N) is 2. The highest BCUT2D eigenvalue weighted by Gasteiger charge is 2.33. The maximum atomic E-state index is 13.3. The van der Waals surface area contributed by atoms with Crippen LogP contribution in [0.1, 0.15) is 81.1 Å². The smallest absolute Gasteiger partial charge is 0.194 e. The Balaban J connectivity index is 1.43. The van der Waals surface area contributed by atoms with Crippen LogP contribution >= 0.6 is 0 Å². The third kappa shape index (κ3) is 5.33. The number of hydrogen-bond acceptors (Lipinski definition) is 5. The lowest BCUT2D eigenvalue weighted by Gasteiger charge is -2.32. The van der Waals surface area contributed by atoms with E-state index in [4.69, 9.17) is 9.47 Å². The molecule has 0 spiro atoms. The molecule has 5 rings (SSSR count). The molecule has 0 aromatic heterocycles. The zero-order chi connectivity index (χ0) is 24.9. The summed E-state index contributed by atoms with van der Waals surface area (Å²) >= 11 is 0. The molecule has 2 unspecified atom stereocenters. The third-order valence-corrected chi connectivity index (χ3v) is 8.31. The molecule has 1 aliphatic carbocycles. The molecule has 0 amide bonds. The van der Waals surface area contributed by atoms with Crippen LogP contribution in [-0.4, -0.2) is 44.2 Å². The maximum absolute atomic E-state index is 13.3. The van der Waals surface area contributed by atoms with Crippen molar-refractivity contribution in [2.75, 3.05) is 26.2 Å². The molecule has 0 bridgehead atoms. The molecule has 2 heterocycles. The van der Waals surface area contributed by atoms with Gasteiger partial charge in [-0.05, 0) is 101 Å². The van der Waals surface area contributed by atoms with Gasteiger partial charge in [0.25, 0.3) is 0 Å². The first-order valence-electron chi connectivity index (χ1n) is 14.3. The van der Waals surface area contributed by atoms with Crippen molar-refractivity contribution in [3.63, 3.8) is 0 Å². The van der Waals surface area contributed by atoms with Crippen LogP contribution in [0.4, 0.5) is 0 Å². The number of carbonyl (C=O) groups is 1. The summed E-state index contributed by atoms with van der Waals surface area (Å²) in [5, 5.41) is 6.94. The van der Waals surface area contributed by atoms with E-state index >= 15 is 0 Å². The van der Waals surface area contributed by atoms with Crippen LogP contribution in [0.3, 0.4) is 0 Å². The molecule has 2 aliphatic heterocycles. The highest BCUT2D eigenvalue weighted by molar-refractivity contribution is 6.22. The van der Waals surface area contributed by atoms with Gasteiger partial charge in [-0.3, -0.25) is 4.79 Å². The van der Waals surface area contributed by atoms with Gasteiger partial charge in [0, 0.05) is 22.3 Å². The van der Waals surface area contributed by atoms with E-state index in [1.165, 1.54) is 0 Å². The first kappa shape index (κ1) is 25.3. The molecule has 36 heavy (non-hydrogen) atoms. The standard InChI is InChI=1S/C31H42N2O3/c1-3-6-27(21-12-16-32-17-13-21)35-23-10-11-24-26(20-23)30-25(31(24)34)8-5-9-29(30)36-28(7-4-2)22-14-18-33-19-15-22/h5,8-11,20-22,27-28,32-33H,3-4,6-7,12-19H2,1-2H3. The molecule has 2 aromatic rings. The van der Waals surface area contributed by atoms with E-state index in [9.17, 15) is 4.79 Å². The number of benzene rings is 2. The summed E-state index contributed by atoms with van der Waals surface area (Å²) in [7, 11) is 0. The second-order valence-electron chi connectivity index (χ2n) is 10.8. The number of ether oxygens (including phenoxy) is 2. The number of ketones is 1. The SMILES string of the molecule is CCCC(Oc1ccc2c(c1)-c1c(OC(CCC)C3CCNCC3)cccc1C2=O)C1CCNCC1. The van der Waals surface area contributed by atoms with E-state index in [0.29, 0.717) is 11.8 Å². The number of carbonyl (C=O) groups excluding carboxylic acids is 1. The molecule has 194 valence electrons. The Labute approximate surface area is 216 Å². The summed E-state index contributed by atoms with van der Waals surface area (Å²) in [6.07, 6.45) is 9.28. The minimum absolute atomic E-state index is 0.0920. The number of rotatable bonds is 10. The number of fused-ring (bicyclic) bond motifs is 3. The van der Waals surface area contributed by atoms with Crippen molar-refractivity contribution < 1.29 is 14.3 Å². The van der Waals surface area contributed by atoms with Crippen LogP contribution < -0.4 is 20.1 Å². The second-order valence-corrected chi connectivity index (χ2v) is 10.8. The Kier molecular flexibility index (Phi) is 8.28. The largest absolute Gasteiger partial charge is 0.490 e. The van der Waals surface area contributed by atoms with E-state index < -0.39 is 0 Å². The van der Waals surface area contributed by atoms with Gasteiger partial charge in [-0.15, -0.1) is 0 Å². The fraction of sp³-hybridized carbons (Fsp3) is 0.581. The lowest BCUT2D eigenvalue weighted by atomic mass is 9.89. The van der Waals surface area contributed by atoms with Gasteiger partial charge in [-0.1, -0.05) is 38.8 Å². The van der Waals surface area contributed by atoms with Gasteiger partial charge in [-0.25, -0.2) is 0 Å². The quantitative estimate of drug-likeness (QED) is 0.365. The molecule has 5 nitrogen and oxygen atoms in total. The fourth-order valence-electron chi connectivity index (χ4n) is 6.36. The fourth-order valence-corrected chi connectivity index (χ4v) is 6.36. The molecule has 2 fully saturated rings. The summed E-state index contributed by atoms with van der Waals surface area (Å²) in [5.41, 5.74) is 3.43. The molecule has 2 aromatic carbocycles. The minimum Gasteiger partial charge on any atom is -0.490 e. The predicted octanol–water partition coefficient (Wildman–Crippen LogP) is 5.99. The predicted molar refractivity (Wildman–Crippen MR) is 145 cm³/mol. The normalized spacial score (nSPS) is 20.0. The van der Waals surface area contributed by atoms with Crippen LogP contribution in [0, 0.1) is 11.8 Å². The van der Waals surface area contributed by atoms with Gasteiger partial charge in [0.1, 0.15) is 23.7 Å². The van der Waals surface area contributed by atoms with Crippen molar-refractivity contribution in [2.45, 2.75) is 77.4 Å². The summed E-state index contributed by atoms with van der Waals surface area (Å²) < 4.78 is 13.4. The van der Waals surface area contributed by atoms with E-state index in [-0.39, 0.29) is 18.0 Å². The Morgan fingerprint density at radius 1 is 0.778 bits per heavy atom. The van der Waals surface area contributed by atoms with Crippen molar-refractivity contribution in [1.82, 2.24) is 10.6 Å². The molecule has 3 aliphatic rings. The maximum Gasteiger partial charge on any atom is 0.194 e. The molecule has 2 saturated heterocycles. The van der Waals surface area contributed by atoms with Gasteiger partial charge < -0.3 is 20.1 Å². The first-order chi connectivity index (χ1) is 17.7. The second kappa shape index (κ2) is 11.8. The van der Waals surface area contributed by atoms with E-state index in [1.54, 1.807) is 0 Å². The molecule has 5 heteroatoms.